The zero-order valence-electron chi connectivity index (χ0n) is 9.00. The highest BCUT2D eigenvalue weighted by Crippen LogP contribution is 2.21. The van der Waals surface area contributed by atoms with E-state index in [-0.39, 0.29) is 0 Å². The minimum Gasteiger partial charge on any atom is -0.305 e. The van der Waals surface area contributed by atoms with Crippen molar-refractivity contribution in [3.8, 4) is 11.4 Å². The standard InChI is InChI=1S/C11H12N4S/c1-3-7-16-11-14-13-10(15(11)2)9-5-4-6-12-8-9/h3-6,8H,1,7H2,2H3. The predicted octanol–water partition coefficient (Wildman–Crippen LogP) is 2.16. The quantitative estimate of drug-likeness (QED) is 0.598. The van der Waals surface area contributed by atoms with Crippen molar-refractivity contribution in [1.29, 1.82) is 0 Å². The van der Waals surface area contributed by atoms with Crippen molar-refractivity contribution < 1.29 is 0 Å². The van der Waals surface area contributed by atoms with Gasteiger partial charge in [0.1, 0.15) is 0 Å². The predicted molar refractivity (Wildman–Crippen MR) is 65.2 cm³/mol. The Morgan fingerprint density at radius 2 is 2.38 bits per heavy atom. The average molecular weight is 232 g/mol. The smallest absolute Gasteiger partial charge is 0.191 e. The third-order valence-corrected chi connectivity index (χ3v) is 3.10. The molecule has 0 fully saturated rings. The third kappa shape index (κ3) is 2.14. The van der Waals surface area contributed by atoms with Crippen molar-refractivity contribution in [2.75, 3.05) is 5.75 Å². The van der Waals surface area contributed by atoms with Gasteiger partial charge in [-0.25, -0.2) is 0 Å². The van der Waals surface area contributed by atoms with Crippen LogP contribution >= 0.6 is 11.8 Å². The summed E-state index contributed by atoms with van der Waals surface area (Å²) in [6, 6.07) is 3.86. The first kappa shape index (κ1) is 10.9. The van der Waals surface area contributed by atoms with Crippen LogP contribution in [0, 0.1) is 0 Å². The van der Waals surface area contributed by atoms with Crippen LogP contribution in [0.3, 0.4) is 0 Å². The van der Waals surface area contributed by atoms with Crippen molar-refractivity contribution >= 4 is 11.8 Å². The molecule has 0 N–H and O–H groups in total. The van der Waals surface area contributed by atoms with Crippen LogP contribution in [0.15, 0.2) is 42.3 Å². The van der Waals surface area contributed by atoms with E-state index in [4.69, 9.17) is 0 Å². The van der Waals surface area contributed by atoms with Gasteiger partial charge in [0, 0.05) is 30.8 Å². The third-order valence-electron chi connectivity index (χ3n) is 2.08. The molecule has 0 atom stereocenters. The Labute approximate surface area is 98.4 Å². The highest BCUT2D eigenvalue weighted by molar-refractivity contribution is 7.99. The Bertz CT molecular complexity index is 478. The molecule has 0 spiro atoms. The molecule has 0 amide bonds. The van der Waals surface area contributed by atoms with Crippen molar-refractivity contribution in [1.82, 2.24) is 19.7 Å². The van der Waals surface area contributed by atoms with Crippen LogP contribution in [0.2, 0.25) is 0 Å². The van der Waals surface area contributed by atoms with Gasteiger partial charge in [0.2, 0.25) is 0 Å². The van der Waals surface area contributed by atoms with Crippen molar-refractivity contribution in [3.63, 3.8) is 0 Å². The molecule has 2 aromatic heterocycles. The fourth-order valence-corrected chi connectivity index (χ4v) is 1.97. The molecule has 2 heterocycles. The van der Waals surface area contributed by atoms with Gasteiger partial charge in [0.25, 0.3) is 0 Å². The number of thioether (sulfide) groups is 1. The minimum absolute atomic E-state index is 0.832. The SMILES string of the molecule is C=CCSc1nnc(-c2cccnc2)n1C. The molecule has 0 aliphatic carbocycles. The molecule has 4 nitrogen and oxygen atoms in total. The molecule has 0 bridgehead atoms. The normalized spacial score (nSPS) is 10.3. The second kappa shape index (κ2) is 4.94. The van der Waals surface area contributed by atoms with Gasteiger partial charge < -0.3 is 4.57 Å². The summed E-state index contributed by atoms with van der Waals surface area (Å²) in [6.45, 7) is 3.68. The lowest BCUT2D eigenvalue weighted by Crippen LogP contribution is -1.95. The number of pyridine rings is 1. The molecule has 0 aliphatic heterocycles. The molecule has 0 saturated carbocycles. The number of rotatable bonds is 4. The van der Waals surface area contributed by atoms with Crippen LogP contribution in [0.25, 0.3) is 11.4 Å². The maximum absolute atomic E-state index is 4.16. The number of aromatic nitrogens is 4. The first-order valence-corrected chi connectivity index (χ1v) is 5.85. The average Bonchev–Trinajstić information content (AvgIpc) is 2.69. The fourth-order valence-electron chi connectivity index (χ4n) is 1.32. The van der Waals surface area contributed by atoms with Crippen molar-refractivity contribution in [2.45, 2.75) is 5.16 Å². The summed E-state index contributed by atoms with van der Waals surface area (Å²) in [6.07, 6.45) is 5.38. The van der Waals surface area contributed by atoms with E-state index in [1.807, 2.05) is 29.8 Å². The second-order valence-electron chi connectivity index (χ2n) is 3.21. The molecule has 0 unspecified atom stereocenters. The van der Waals surface area contributed by atoms with Crippen LogP contribution < -0.4 is 0 Å². The number of hydrogen-bond acceptors (Lipinski definition) is 4. The minimum atomic E-state index is 0.832. The van der Waals surface area contributed by atoms with E-state index >= 15 is 0 Å². The Hall–Kier alpha value is -1.62. The largest absolute Gasteiger partial charge is 0.305 e. The monoisotopic (exact) mass is 232 g/mol. The summed E-state index contributed by atoms with van der Waals surface area (Å²) in [5, 5.41) is 9.17. The van der Waals surface area contributed by atoms with E-state index in [1.165, 1.54) is 0 Å². The summed E-state index contributed by atoms with van der Waals surface area (Å²) >= 11 is 1.61. The van der Waals surface area contributed by atoms with E-state index in [0.717, 1.165) is 22.3 Å². The molecule has 0 aliphatic rings. The summed E-state index contributed by atoms with van der Waals surface area (Å²) in [5.41, 5.74) is 0.975. The summed E-state index contributed by atoms with van der Waals surface area (Å²) < 4.78 is 1.96. The van der Waals surface area contributed by atoms with Crippen molar-refractivity contribution in [2.24, 2.45) is 7.05 Å². The van der Waals surface area contributed by atoms with E-state index in [9.17, 15) is 0 Å². The van der Waals surface area contributed by atoms with Crippen LogP contribution in [0.1, 0.15) is 0 Å². The molecule has 82 valence electrons. The van der Waals surface area contributed by atoms with Gasteiger partial charge in [-0.3, -0.25) is 4.98 Å². The fraction of sp³-hybridized carbons (Fsp3) is 0.182. The Balaban J connectivity index is 2.30. The molecule has 2 rings (SSSR count). The molecule has 16 heavy (non-hydrogen) atoms. The molecule has 0 saturated heterocycles. The van der Waals surface area contributed by atoms with Gasteiger partial charge in [0.05, 0.1) is 0 Å². The first-order chi connectivity index (χ1) is 7.83. The van der Waals surface area contributed by atoms with Crippen LogP contribution in [-0.4, -0.2) is 25.5 Å². The second-order valence-corrected chi connectivity index (χ2v) is 4.19. The van der Waals surface area contributed by atoms with Gasteiger partial charge in [0.15, 0.2) is 11.0 Å². The highest BCUT2D eigenvalue weighted by atomic mass is 32.2. The van der Waals surface area contributed by atoms with E-state index < -0.39 is 0 Å². The maximum atomic E-state index is 4.16. The van der Waals surface area contributed by atoms with Crippen LogP contribution in [0.5, 0.6) is 0 Å². The lowest BCUT2D eigenvalue weighted by Gasteiger charge is -2.01. The maximum Gasteiger partial charge on any atom is 0.191 e. The van der Waals surface area contributed by atoms with Gasteiger partial charge >= 0.3 is 0 Å². The van der Waals surface area contributed by atoms with Crippen molar-refractivity contribution in [3.05, 3.63) is 37.2 Å². The van der Waals surface area contributed by atoms with Gasteiger partial charge in [-0.1, -0.05) is 17.8 Å². The zero-order valence-corrected chi connectivity index (χ0v) is 9.81. The highest BCUT2D eigenvalue weighted by Gasteiger charge is 2.09. The van der Waals surface area contributed by atoms with E-state index in [1.54, 1.807) is 24.2 Å². The van der Waals surface area contributed by atoms with Gasteiger partial charge in [-0.05, 0) is 12.1 Å². The Morgan fingerprint density at radius 3 is 3.06 bits per heavy atom. The molecular formula is C11H12N4S. The first-order valence-electron chi connectivity index (χ1n) is 4.86. The molecule has 2 aromatic rings. The Kier molecular flexibility index (Phi) is 3.36. The number of nitrogens with zero attached hydrogens (tertiary/aromatic N) is 4. The molecule has 0 radical (unpaired) electrons. The molecule has 5 heteroatoms. The van der Waals surface area contributed by atoms with Crippen LogP contribution in [-0.2, 0) is 7.05 Å². The summed E-state index contributed by atoms with van der Waals surface area (Å²) in [7, 11) is 1.95. The van der Waals surface area contributed by atoms with E-state index in [2.05, 4.69) is 21.8 Å². The number of hydrogen-bond donors (Lipinski definition) is 0. The zero-order chi connectivity index (χ0) is 11.4. The molecular weight excluding hydrogens is 220 g/mol. The summed E-state index contributed by atoms with van der Waals surface area (Å²) in [5.74, 6) is 1.67. The van der Waals surface area contributed by atoms with Gasteiger partial charge in [-0.15, -0.1) is 16.8 Å². The lowest BCUT2D eigenvalue weighted by atomic mass is 10.3. The Morgan fingerprint density at radius 1 is 1.50 bits per heavy atom. The lowest BCUT2D eigenvalue weighted by molar-refractivity contribution is 0.794. The summed E-state index contributed by atoms with van der Waals surface area (Å²) in [4.78, 5) is 4.07. The van der Waals surface area contributed by atoms with Gasteiger partial charge in [-0.2, -0.15) is 0 Å². The van der Waals surface area contributed by atoms with Crippen LogP contribution in [0.4, 0.5) is 0 Å². The van der Waals surface area contributed by atoms with E-state index in [0.29, 0.717) is 0 Å². The topological polar surface area (TPSA) is 43.6 Å². The molecule has 0 aromatic carbocycles.